The zero-order valence-electron chi connectivity index (χ0n) is 19.0. The zero-order chi connectivity index (χ0) is 24.1. The summed E-state index contributed by atoms with van der Waals surface area (Å²) in [4.78, 5) is 19.5. The monoisotopic (exact) mass is 451 g/mol. The molecule has 2 aromatic heterocycles. The molecule has 0 radical (unpaired) electrons. The number of carboxylic acids is 1. The van der Waals surface area contributed by atoms with E-state index in [0.717, 1.165) is 39.1 Å². The molecule has 4 rings (SSSR count). The standard InChI is InChI=1S/C28H25N3O3/c1-18-6-3-4-9-24(18)25(16-27(31-34)22-12-13-29-19(2)14-22)21-8-5-7-20(15-21)23-10-11-26(28(32)33)30-17-23/h3-15,17,25,34H,16H2,1-2H3,(H,32,33). The number of hydrogen-bond donors (Lipinski definition) is 2. The SMILES string of the molecule is Cc1cc(C(CC(c2cccc(-c3ccc(C(=O)O)nc3)c2)c2ccccc2C)=NO)ccn1. The highest BCUT2D eigenvalue weighted by Gasteiger charge is 2.21. The van der Waals surface area contributed by atoms with Gasteiger partial charge in [0, 0.05) is 41.6 Å². The maximum atomic E-state index is 11.2. The van der Waals surface area contributed by atoms with Gasteiger partial charge in [0.25, 0.3) is 0 Å². The first-order chi connectivity index (χ1) is 16.5. The van der Waals surface area contributed by atoms with E-state index in [1.165, 1.54) is 6.07 Å². The fourth-order valence-corrected chi connectivity index (χ4v) is 4.15. The van der Waals surface area contributed by atoms with Crippen molar-refractivity contribution >= 4 is 11.7 Å². The Balaban J connectivity index is 1.76. The number of aromatic carboxylic acids is 1. The first kappa shape index (κ1) is 22.9. The minimum Gasteiger partial charge on any atom is -0.477 e. The van der Waals surface area contributed by atoms with Crippen LogP contribution in [-0.4, -0.2) is 32.0 Å². The van der Waals surface area contributed by atoms with Crippen molar-refractivity contribution in [2.45, 2.75) is 26.2 Å². The summed E-state index contributed by atoms with van der Waals surface area (Å²) >= 11 is 0. The highest BCUT2D eigenvalue weighted by molar-refractivity contribution is 6.01. The van der Waals surface area contributed by atoms with Gasteiger partial charge in [0.05, 0.1) is 5.71 Å². The van der Waals surface area contributed by atoms with Gasteiger partial charge in [0.1, 0.15) is 5.69 Å². The van der Waals surface area contributed by atoms with Crippen LogP contribution in [-0.2, 0) is 0 Å². The average Bonchev–Trinajstić information content (AvgIpc) is 2.85. The first-order valence-electron chi connectivity index (χ1n) is 11.0. The molecule has 1 unspecified atom stereocenters. The van der Waals surface area contributed by atoms with Crippen molar-refractivity contribution in [3.63, 3.8) is 0 Å². The predicted octanol–water partition coefficient (Wildman–Crippen LogP) is 5.86. The van der Waals surface area contributed by atoms with Gasteiger partial charge < -0.3 is 10.3 Å². The number of rotatable bonds is 7. The average molecular weight is 452 g/mol. The quantitative estimate of drug-likeness (QED) is 0.208. The lowest BCUT2D eigenvalue weighted by molar-refractivity contribution is 0.0690. The molecule has 0 bridgehead atoms. The summed E-state index contributed by atoms with van der Waals surface area (Å²) < 4.78 is 0. The van der Waals surface area contributed by atoms with Crippen molar-refractivity contribution in [2.75, 3.05) is 0 Å². The van der Waals surface area contributed by atoms with E-state index in [0.29, 0.717) is 12.1 Å². The van der Waals surface area contributed by atoms with Gasteiger partial charge in [-0.2, -0.15) is 0 Å². The fourth-order valence-electron chi connectivity index (χ4n) is 4.15. The second-order valence-electron chi connectivity index (χ2n) is 8.21. The molecule has 0 amide bonds. The molecule has 0 saturated carbocycles. The van der Waals surface area contributed by atoms with Crippen LogP contribution in [0.4, 0.5) is 0 Å². The van der Waals surface area contributed by atoms with Gasteiger partial charge in [-0.05, 0) is 54.3 Å². The molecular weight excluding hydrogens is 426 g/mol. The Morgan fingerprint density at radius 3 is 2.44 bits per heavy atom. The van der Waals surface area contributed by atoms with E-state index >= 15 is 0 Å². The highest BCUT2D eigenvalue weighted by Crippen LogP contribution is 2.34. The maximum Gasteiger partial charge on any atom is 0.354 e. The molecule has 0 aliphatic heterocycles. The lowest BCUT2D eigenvalue weighted by Gasteiger charge is -2.21. The molecule has 0 spiro atoms. The van der Waals surface area contributed by atoms with Crippen molar-refractivity contribution < 1.29 is 15.1 Å². The molecule has 6 heteroatoms. The van der Waals surface area contributed by atoms with Crippen molar-refractivity contribution in [3.05, 3.63) is 119 Å². The number of nitrogens with zero attached hydrogens (tertiary/aromatic N) is 3. The van der Waals surface area contributed by atoms with E-state index in [4.69, 9.17) is 5.11 Å². The van der Waals surface area contributed by atoms with E-state index in [1.807, 2.05) is 43.3 Å². The molecule has 0 aliphatic rings. The van der Waals surface area contributed by atoms with Crippen LogP contribution in [0.15, 0.2) is 90.3 Å². The number of carboxylic acid groups (broad SMARTS) is 1. The molecule has 2 N–H and O–H groups in total. The third-order valence-corrected chi connectivity index (χ3v) is 5.92. The lowest BCUT2D eigenvalue weighted by Crippen LogP contribution is -2.12. The molecule has 4 aromatic rings. The van der Waals surface area contributed by atoms with Gasteiger partial charge in [0.15, 0.2) is 0 Å². The first-order valence-corrected chi connectivity index (χ1v) is 11.0. The van der Waals surface area contributed by atoms with Gasteiger partial charge in [-0.25, -0.2) is 9.78 Å². The van der Waals surface area contributed by atoms with Gasteiger partial charge >= 0.3 is 5.97 Å². The Kier molecular flexibility index (Phi) is 6.78. The third-order valence-electron chi connectivity index (χ3n) is 5.92. The topological polar surface area (TPSA) is 95.7 Å². The second kappa shape index (κ2) is 10.1. The second-order valence-corrected chi connectivity index (χ2v) is 8.21. The van der Waals surface area contributed by atoms with Crippen LogP contribution in [0, 0.1) is 13.8 Å². The molecule has 34 heavy (non-hydrogen) atoms. The molecule has 2 heterocycles. The Morgan fingerprint density at radius 1 is 0.941 bits per heavy atom. The minimum atomic E-state index is -1.05. The third kappa shape index (κ3) is 5.02. The predicted molar refractivity (Wildman–Crippen MR) is 132 cm³/mol. The Morgan fingerprint density at radius 2 is 1.76 bits per heavy atom. The summed E-state index contributed by atoms with van der Waals surface area (Å²) in [5.74, 6) is -1.12. The van der Waals surface area contributed by atoms with E-state index < -0.39 is 5.97 Å². The molecular formula is C28H25N3O3. The van der Waals surface area contributed by atoms with Crippen LogP contribution in [0.5, 0.6) is 0 Å². The van der Waals surface area contributed by atoms with Gasteiger partial charge in [0.2, 0.25) is 0 Å². The van der Waals surface area contributed by atoms with Gasteiger partial charge in [-0.15, -0.1) is 0 Å². The molecule has 0 saturated heterocycles. The van der Waals surface area contributed by atoms with Gasteiger partial charge in [-0.1, -0.05) is 59.8 Å². The summed E-state index contributed by atoms with van der Waals surface area (Å²) in [6, 6.07) is 23.3. The minimum absolute atomic E-state index is 0.00846. The number of aryl methyl sites for hydroxylation is 2. The number of pyridine rings is 2. The maximum absolute atomic E-state index is 11.2. The molecule has 0 fully saturated rings. The molecule has 6 nitrogen and oxygen atoms in total. The van der Waals surface area contributed by atoms with Crippen molar-refractivity contribution in [3.8, 4) is 11.1 Å². The summed E-state index contributed by atoms with van der Waals surface area (Å²) in [7, 11) is 0. The fraction of sp³-hybridized carbons (Fsp3) is 0.143. The van der Waals surface area contributed by atoms with Crippen molar-refractivity contribution in [1.29, 1.82) is 0 Å². The van der Waals surface area contributed by atoms with E-state index in [2.05, 4.69) is 46.3 Å². The van der Waals surface area contributed by atoms with E-state index in [1.54, 1.807) is 18.5 Å². The normalized spacial score (nSPS) is 12.4. The van der Waals surface area contributed by atoms with Gasteiger partial charge in [-0.3, -0.25) is 4.98 Å². The number of carbonyl (C=O) groups is 1. The van der Waals surface area contributed by atoms with Crippen molar-refractivity contribution in [2.24, 2.45) is 5.16 Å². The Labute approximate surface area is 198 Å². The van der Waals surface area contributed by atoms with Crippen LogP contribution in [0.3, 0.4) is 0 Å². The molecule has 0 aliphatic carbocycles. The Bertz CT molecular complexity index is 1350. The molecule has 1 atom stereocenters. The van der Waals surface area contributed by atoms with Crippen molar-refractivity contribution in [1.82, 2.24) is 9.97 Å². The highest BCUT2D eigenvalue weighted by atomic mass is 16.4. The molecule has 170 valence electrons. The number of benzene rings is 2. The zero-order valence-corrected chi connectivity index (χ0v) is 19.0. The Hall–Kier alpha value is -4.32. The number of aromatic nitrogens is 2. The number of hydrogen-bond acceptors (Lipinski definition) is 5. The summed E-state index contributed by atoms with van der Waals surface area (Å²) in [5, 5.41) is 22.7. The molecule has 2 aromatic carbocycles. The van der Waals surface area contributed by atoms with E-state index in [9.17, 15) is 10.0 Å². The lowest BCUT2D eigenvalue weighted by atomic mass is 9.82. The number of oxime groups is 1. The van der Waals surface area contributed by atoms with Crippen LogP contribution < -0.4 is 0 Å². The van der Waals surface area contributed by atoms with Crippen LogP contribution >= 0.6 is 0 Å². The van der Waals surface area contributed by atoms with E-state index in [-0.39, 0.29) is 11.6 Å². The largest absolute Gasteiger partial charge is 0.477 e. The van der Waals surface area contributed by atoms with Crippen LogP contribution in [0.1, 0.15) is 50.8 Å². The van der Waals surface area contributed by atoms with Crippen LogP contribution in [0.2, 0.25) is 0 Å². The van der Waals surface area contributed by atoms with Crippen LogP contribution in [0.25, 0.3) is 11.1 Å². The summed E-state index contributed by atoms with van der Waals surface area (Å²) in [6.45, 7) is 3.98. The summed E-state index contributed by atoms with van der Waals surface area (Å²) in [6.07, 6.45) is 3.78. The smallest absolute Gasteiger partial charge is 0.354 e. The summed E-state index contributed by atoms with van der Waals surface area (Å²) in [5.41, 5.74) is 7.38.